The fourth-order valence-corrected chi connectivity index (χ4v) is 5.58. The van der Waals surface area contributed by atoms with Gasteiger partial charge in [0.1, 0.15) is 6.04 Å². The van der Waals surface area contributed by atoms with Crippen molar-refractivity contribution in [2.24, 2.45) is 11.8 Å². The van der Waals surface area contributed by atoms with Crippen LogP contribution in [0.1, 0.15) is 11.1 Å². The van der Waals surface area contributed by atoms with Crippen LogP contribution in [0.2, 0.25) is 15.1 Å². The van der Waals surface area contributed by atoms with Gasteiger partial charge in [-0.05, 0) is 59.7 Å². The highest BCUT2D eigenvalue weighted by atomic mass is 35.5. The summed E-state index contributed by atoms with van der Waals surface area (Å²) in [5, 5.41) is 4.81. The van der Waals surface area contributed by atoms with Gasteiger partial charge in [-0.3, -0.25) is 19.7 Å². The first-order valence-electron chi connectivity index (χ1n) is 10.8. The second-order valence-corrected chi connectivity index (χ2v) is 9.77. The average Bonchev–Trinajstić information content (AvgIpc) is 3.35. The van der Waals surface area contributed by atoms with Crippen LogP contribution >= 0.6 is 34.8 Å². The molecule has 0 saturated carbocycles. The number of esters is 1. The van der Waals surface area contributed by atoms with Crippen LogP contribution in [-0.4, -0.2) is 30.9 Å². The van der Waals surface area contributed by atoms with Gasteiger partial charge in [-0.2, -0.15) is 0 Å². The summed E-state index contributed by atoms with van der Waals surface area (Å²) in [7, 11) is 1.25. The number of methoxy groups -OCH3 is 1. The third kappa shape index (κ3) is 3.72. The maximum atomic E-state index is 14.1. The van der Waals surface area contributed by atoms with Crippen LogP contribution < -0.4 is 10.2 Å². The topological polar surface area (TPSA) is 75.7 Å². The Morgan fingerprint density at radius 3 is 1.71 bits per heavy atom. The molecule has 0 aromatic heterocycles. The molecule has 3 atom stereocenters. The quantitative estimate of drug-likeness (QED) is 0.387. The summed E-state index contributed by atoms with van der Waals surface area (Å²) in [4.78, 5) is 41.9. The molecule has 2 aliphatic rings. The fraction of sp³-hybridized carbons (Fsp3) is 0.192. The normalized spacial score (nSPS) is 22.9. The van der Waals surface area contributed by atoms with Gasteiger partial charge in [0.05, 0.1) is 30.2 Å². The van der Waals surface area contributed by atoms with Crippen LogP contribution in [0.4, 0.5) is 5.69 Å². The molecule has 6 nitrogen and oxygen atoms in total. The van der Waals surface area contributed by atoms with Gasteiger partial charge in [0.15, 0.2) is 0 Å². The zero-order valence-electron chi connectivity index (χ0n) is 18.4. The van der Waals surface area contributed by atoms with Crippen LogP contribution in [0.15, 0.2) is 72.8 Å². The number of nitrogens with one attached hydrogen (secondary N) is 1. The molecule has 2 heterocycles. The molecule has 0 aliphatic carbocycles. The van der Waals surface area contributed by atoms with Gasteiger partial charge < -0.3 is 4.74 Å². The second kappa shape index (κ2) is 8.95. The molecule has 0 spiro atoms. The fourth-order valence-electron chi connectivity index (χ4n) is 5.20. The number of carbonyl (C=O) groups is 3. The molecule has 3 aromatic rings. The Balaban J connectivity index is 1.75. The molecule has 5 rings (SSSR count). The Kier molecular flexibility index (Phi) is 6.09. The summed E-state index contributed by atoms with van der Waals surface area (Å²) in [5.41, 5.74) is 0.491. The number of anilines is 1. The second-order valence-electron chi connectivity index (χ2n) is 8.46. The van der Waals surface area contributed by atoms with Gasteiger partial charge in [0.25, 0.3) is 0 Å². The summed E-state index contributed by atoms with van der Waals surface area (Å²) >= 11 is 18.3. The van der Waals surface area contributed by atoms with E-state index in [1.807, 2.05) is 0 Å². The van der Waals surface area contributed by atoms with Crippen molar-refractivity contribution < 1.29 is 19.1 Å². The lowest BCUT2D eigenvalue weighted by atomic mass is 9.72. The maximum Gasteiger partial charge on any atom is 0.323 e. The minimum Gasteiger partial charge on any atom is -0.468 e. The zero-order valence-corrected chi connectivity index (χ0v) is 20.6. The van der Waals surface area contributed by atoms with E-state index in [0.717, 1.165) is 4.90 Å². The SMILES string of the molecule is COC(=O)[C@@H]1NC(c2ccc(Cl)cc2)(c2ccc(Cl)cc2)[C@H]2C(=O)N(c3ccc(Cl)cc3)C(=O)[C@H]12. The van der Waals surface area contributed by atoms with Crippen molar-refractivity contribution in [1.82, 2.24) is 5.32 Å². The van der Waals surface area contributed by atoms with E-state index < -0.39 is 41.2 Å². The number of ether oxygens (including phenoxy) is 1. The predicted octanol–water partition coefficient (Wildman–Crippen LogP) is 4.84. The molecular formula is C26H19Cl3N2O4. The van der Waals surface area contributed by atoms with Gasteiger partial charge >= 0.3 is 5.97 Å². The lowest BCUT2D eigenvalue weighted by Crippen LogP contribution is -2.51. The van der Waals surface area contributed by atoms with Crippen molar-refractivity contribution in [1.29, 1.82) is 0 Å². The summed E-state index contributed by atoms with van der Waals surface area (Å²) in [6.07, 6.45) is 0. The first-order chi connectivity index (χ1) is 16.8. The predicted molar refractivity (Wildman–Crippen MR) is 134 cm³/mol. The van der Waals surface area contributed by atoms with Crippen molar-refractivity contribution in [3.8, 4) is 0 Å². The number of imide groups is 1. The van der Waals surface area contributed by atoms with E-state index >= 15 is 0 Å². The molecule has 1 N–H and O–H groups in total. The molecule has 2 saturated heterocycles. The molecule has 9 heteroatoms. The monoisotopic (exact) mass is 528 g/mol. The molecule has 0 unspecified atom stereocenters. The van der Waals surface area contributed by atoms with Crippen molar-refractivity contribution in [3.05, 3.63) is 99.0 Å². The van der Waals surface area contributed by atoms with E-state index in [-0.39, 0.29) is 0 Å². The number of amides is 2. The summed E-state index contributed by atoms with van der Waals surface area (Å²) in [6.45, 7) is 0. The number of rotatable bonds is 4. The van der Waals surface area contributed by atoms with Crippen molar-refractivity contribution in [3.63, 3.8) is 0 Å². The van der Waals surface area contributed by atoms with Crippen LogP contribution in [0, 0.1) is 11.8 Å². The highest BCUT2D eigenvalue weighted by Crippen LogP contribution is 2.52. The smallest absolute Gasteiger partial charge is 0.323 e. The number of hydrogen-bond acceptors (Lipinski definition) is 5. The van der Waals surface area contributed by atoms with Gasteiger partial charge in [0.2, 0.25) is 11.8 Å². The summed E-state index contributed by atoms with van der Waals surface area (Å²) in [6, 6.07) is 19.3. The molecule has 178 valence electrons. The van der Waals surface area contributed by atoms with Crippen LogP contribution in [0.25, 0.3) is 0 Å². The van der Waals surface area contributed by atoms with Gasteiger partial charge in [-0.15, -0.1) is 0 Å². The lowest BCUT2D eigenvalue weighted by Gasteiger charge is -2.36. The van der Waals surface area contributed by atoms with Gasteiger partial charge in [-0.25, -0.2) is 4.90 Å². The first-order valence-corrected chi connectivity index (χ1v) is 11.9. The Hall–Kier alpha value is -2.90. The number of carbonyl (C=O) groups excluding carboxylic acids is 3. The highest BCUT2D eigenvalue weighted by Gasteiger charge is 2.68. The molecule has 2 aliphatic heterocycles. The third-order valence-corrected chi connectivity index (χ3v) is 7.45. The largest absolute Gasteiger partial charge is 0.468 e. The summed E-state index contributed by atoms with van der Waals surface area (Å²) < 4.78 is 5.04. The van der Waals surface area contributed by atoms with Crippen molar-refractivity contribution in [2.75, 3.05) is 12.0 Å². The zero-order chi connectivity index (χ0) is 24.9. The average molecular weight is 530 g/mol. The standard InChI is InChI=1S/C26H19Cl3N2O4/c1-35-25(34)22-20-21(24(33)31(23(20)32)19-12-10-18(29)11-13-19)26(30-22,14-2-6-16(27)7-3-14)15-4-8-17(28)9-5-15/h2-13,20-22,30H,1H3/t20-,21+,22+/m0/s1. The molecular weight excluding hydrogens is 511 g/mol. The highest BCUT2D eigenvalue weighted by molar-refractivity contribution is 6.31. The third-order valence-electron chi connectivity index (χ3n) is 6.70. The number of benzene rings is 3. The minimum atomic E-state index is -1.23. The molecule has 3 aromatic carbocycles. The van der Waals surface area contributed by atoms with E-state index in [1.54, 1.807) is 72.8 Å². The lowest BCUT2D eigenvalue weighted by molar-refractivity contribution is -0.145. The Bertz CT molecular complexity index is 1260. The van der Waals surface area contributed by atoms with E-state index in [0.29, 0.717) is 31.9 Å². The number of nitrogens with zero attached hydrogens (tertiary/aromatic N) is 1. The van der Waals surface area contributed by atoms with E-state index in [1.165, 1.54) is 7.11 Å². The van der Waals surface area contributed by atoms with E-state index in [9.17, 15) is 14.4 Å². The molecule has 0 radical (unpaired) electrons. The summed E-state index contributed by atoms with van der Waals surface area (Å²) in [5.74, 6) is -3.51. The first kappa shape index (κ1) is 23.8. The Morgan fingerprint density at radius 2 is 1.26 bits per heavy atom. The molecule has 2 fully saturated rings. The molecule has 2 amide bonds. The minimum absolute atomic E-state index is 0.378. The van der Waals surface area contributed by atoms with E-state index in [2.05, 4.69) is 5.32 Å². The van der Waals surface area contributed by atoms with Gasteiger partial charge in [0, 0.05) is 15.1 Å². The Morgan fingerprint density at radius 1 is 0.800 bits per heavy atom. The van der Waals surface area contributed by atoms with Crippen LogP contribution in [0.5, 0.6) is 0 Å². The number of halogens is 3. The van der Waals surface area contributed by atoms with Gasteiger partial charge in [-0.1, -0.05) is 59.1 Å². The number of hydrogen-bond donors (Lipinski definition) is 1. The van der Waals surface area contributed by atoms with Crippen molar-refractivity contribution >= 4 is 58.3 Å². The molecule has 0 bridgehead atoms. The van der Waals surface area contributed by atoms with Crippen LogP contribution in [0.3, 0.4) is 0 Å². The maximum absolute atomic E-state index is 14.1. The number of fused-ring (bicyclic) bond motifs is 1. The molecule has 35 heavy (non-hydrogen) atoms. The Labute approximate surface area is 216 Å². The van der Waals surface area contributed by atoms with Crippen LogP contribution in [-0.2, 0) is 24.7 Å². The van der Waals surface area contributed by atoms with E-state index in [4.69, 9.17) is 39.5 Å². The van der Waals surface area contributed by atoms with Crippen molar-refractivity contribution in [2.45, 2.75) is 11.6 Å².